The van der Waals surface area contributed by atoms with Gasteiger partial charge >= 0.3 is 0 Å². The first-order chi connectivity index (χ1) is 17.3. The summed E-state index contributed by atoms with van der Waals surface area (Å²) in [5.41, 5.74) is 41.5. The number of aromatic nitrogens is 3. The molecule has 0 aliphatic carbocycles. The Labute approximate surface area is 207 Å². The molecule has 3 aromatic heterocycles. The van der Waals surface area contributed by atoms with E-state index >= 15 is 0 Å². The molecule has 0 fully saturated rings. The number of nitrogens with two attached hydrogens (primary N) is 6. The number of nitrogens with zero attached hydrogens (tertiary/aromatic N) is 3. The van der Waals surface area contributed by atoms with Crippen LogP contribution < -0.4 is 34.4 Å². The lowest BCUT2D eigenvalue weighted by atomic mass is 10.0. The van der Waals surface area contributed by atoms with Crippen molar-refractivity contribution >= 4 is 34.1 Å². The smallest absolute Gasteiger partial charge is 0.0739 e. The van der Waals surface area contributed by atoms with Crippen molar-refractivity contribution in [2.75, 3.05) is 34.4 Å². The van der Waals surface area contributed by atoms with Gasteiger partial charge in [0.15, 0.2) is 0 Å². The van der Waals surface area contributed by atoms with Crippen LogP contribution in [0.25, 0.3) is 0 Å². The molecule has 0 atom stereocenters. The van der Waals surface area contributed by atoms with Crippen LogP contribution in [-0.2, 0) is 0 Å². The van der Waals surface area contributed by atoms with Gasteiger partial charge in [0, 0.05) is 16.7 Å². The highest BCUT2D eigenvalue weighted by Crippen LogP contribution is 2.19. The molecule has 9 heteroatoms. The molecule has 0 radical (unpaired) electrons. The molecule has 4 aromatic rings. The van der Waals surface area contributed by atoms with Gasteiger partial charge in [-0.2, -0.15) is 0 Å². The number of hydrogen-bond acceptors (Lipinski definition) is 9. The fourth-order valence-corrected chi connectivity index (χ4v) is 3.16. The monoisotopic (exact) mass is 471 g/mol. The summed E-state index contributed by atoms with van der Waals surface area (Å²) in [7, 11) is 0. The molecule has 12 N–H and O–H groups in total. The van der Waals surface area contributed by atoms with Gasteiger partial charge in [0.05, 0.1) is 88.0 Å². The molecule has 0 aliphatic rings. The van der Waals surface area contributed by atoms with Crippen molar-refractivity contribution in [1.82, 2.24) is 15.0 Å². The minimum Gasteiger partial charge on any atom is -0.396 e. The number of nitrogen functional groups attached to an aromatic ring is 6. The van der Waals surface area contributed by atoms with Crippen LogP contribution in [0.3, 0.4) is 0 Å². The second-order valence-electron chi connectivity index (χ2n) is 7.63. The number of pyridine rings is 3. The fourth-order valence-electron chi connectivity index (χ4n) is 3.16. The summed E-state index contributed by atoms with van der Waals surface area (Å²) in [6.45, 7) is 0. The van der Waals surface area contributed by atoms with Gasteiger partial charge in [0.2, 0.25) is 0 Å². The number of benzene rings is 1. The summed E-state index contributed by atoms with van der Waals surface area (Å²) < 4.78 is 0. The van der Waals surface area contributed by atoms with Gasteiger partial charge < -0.3 is 34.4 Å². The van der Waals surface area contributed by atoms with Crippen LogP contribution in [0.4, 0.5) is 34.1 Å². The molecular weight excluding hydrogens is 450 g/mol. The Balaban J connectivity index is 1.82. The van der Waals surface area contributed by atoms with E-state index in [1.54, 1.807) is 0 Å². The minimum atomic E-state index is 0.380. The van der Waals surface area contributed by atoms with Crippen LogP contribution in [0.1, 0.15) is 33.4 Å². The fraction of sp³-hybridized carbons (Fsp3) is 0. The zero-order chi connectivity index (χ0) is 25.7. The lowest BCUT2D eigenvalue weighted by Crippen LogP contribution is -1.98. The van der Waals surface area contributed by atoms with Gasteiger partial charge in [-0.3, -0.25) is 15.0 Å². The molecule has 0 bridgehead atoms. The first-order valence-electron chi connectivity index (χ1n) is 10.5. The molecule has 36 heavy (non-hydrogen) atoms. The lowest BCUT2D eigenvalue weighted by molar-refractivity contribution is 1.33. The van der Waals surface area contributed by atoms with Crippen LogP contribution >= 0.6 is 0 Å². The third kappa shape index (κ3) is 5.20. The van der Waals surface area contributed by atoms with E-state index in [1.807, 2.05) is 18.2 Å². The highest BCUT2D eigenvalue weighted by Gasteiger charge is 2.04. The Morgan fingerprint density at radius 1 is 0.361 bits per heavy atom. The molecule has 0 spiro atoms. The van der Waals surface area contributed by atoms with Gasteiger partial charge in [-0.1, -0.05) is 35.5 Å². The summed E-state index contributed by atoms with van der Waals surface area (Å²) in [5, 5.41) is 0. The van der Waals surface area contributed by atoms with Crippen LogP contribution in [-0.4, -0.2) is 15.0 Å². The first-order valence-corrected chi connectivity index (χ1v) is 10.5. The molecule has 9 nitrogen and oxygen atoms in total. The third-order valence-electron chi connectivity index (χ3n) is 4.94. The zero-order valence-corrected chi connectivity index (χ0v) is 19.0. The quantitative estimate of drug-likeness (QED) is 0.206. The normalized spacial score (nSPS) is 9.67. The molecule has 0 unspecified atom stereocenters. The van der Waals surface area contributed by atoms with Gasteiger partial charge in [0.1, 0.15) is 0 Å². The maximum atomic E-state index is 5.98. The summed E-state index contributed by atoms with van der Waals surface area (Å²) in [5.74, 6) is 18.2. The highest BCUT2D eigenvalue weighted by molar-refractivity contribution is 5.71. The summed E-state index contributed by atoms with van der Waals surface area (Å²) in [6.07, 6.45) is 8.95. The van der Waals surface area contributed by atoms with Crippen molar-refractivity contribution in [3.8, 4) is 35.5 Å². The van der Waals surface area contributed by atoms with E-state index in [9.17, 15) is 0 Å². The third-order valence-corrected chi connectivity index (χ3v) is 4.94. The average molecular weight is 472 g/mol. The predicted molar refractivity (Wildman–Crippen MR) is 144 cm³/mol. The van der Waals surface area contributed by atoms with E-state index < -0.39 is 0 Å². The van der Waals surface area contributed by atoms with E-state index in [4.69, 9.17) is 34.4 Å². The lowest BCUT2D eigenvalue weighted by Gasteiger charge is -2.02. The molecule has 1 aromatic carbocycles. The van der Waals surface area contributed by atoms with E-state index in [0.29, 0.717) is 67.5 Å². The molecule has 4 rings (SSSR count). The van der Waals surface area contributed by atoms with E-state index in [0.717, 1.165) is 0 Å². The van der Waals surface area contributed by atoms with Crippen molar-refractivity contribution in [1.29, 1.82) is 0 Å². The zero-order valence-electron chi connectivity index (χ0n) is 19.0. The maximum absolute atomic E-state index is 5.98. The van der Waals surface area contributed by atoms with E-state index in [1.165, 1.54) is 37.2 Å². The number of anilines is 6. The minimum absolute atomic E-state index is 0.380. The standard InChI is InChI=1S/C27H21N9/c28-22-10-34-11-23(29)19(22)4-1-16-7-17(2-5-20-24(30)12-35-13-25(20)31)9-18(8-16)3-6-21-26(32)14-36-15-27(21)33/h7-15H,28-33H2. The van der Waals surface area contributed by atoms with Gasteiger partial charge in [-0.25, -0.2) is 0 Å². The Morgan fingerprint density at radius 2 is 0.583 bits per heavy atom. The molecule has 3 heterocycles. The Hall–Kier alpha value is -5.85. The van der Waals surface area contributed by atoms with Crippen molar-refractivity contribution in [3.63, 3.8) is 0 Å². The SMILES string of the molecule is Nc1cncc(N)c1C#Cc1cc(C#Cc2c(N)cncc2N)cc(C#Cc2c(N)cncc2N)c1. The largest absolute Gasteiger partial charge is 0.396 e. The molecule has 0 aliphatic heterocycles. The molecular formula is C27H21N9. The topological polar surface area (TPSA) is 195 Å². The summed E-state index contributed by atoms with van der Waals surface area (Å²) in [4.78, 5) is 11.9. The van der Waals surface area contributed by atoms with Crippen LogP contribution in [0.15, 0.2) is 55.4 Å². The second-order valence-corrected chi connectivity index (χ2v) is 7.63. The predicted octanol–water partition coefficient (Wildman–Crippen LogP) is 1.56. The highest BCUT2D eigenvalue weighted by atomic mass is 14.8. The van der Waals surface area contributed by atoms with Crippen LogP contribution in [0, 0.1) is 35.5 Å². The van der Waals surface area contributed by atoms with E-state index in [-0.39, 0.29) is 0 Å². The average Bonchev–Trinajstić information content (AvgIpc) is 2.83. The van der Waals surface area contributed by atoms with Crippen LogP contribution in [0.5, 0.6) is 0 Å². The van der Waals surface area contributed by atoms with Crippen LogP contribution in [0.2, 0.25) is 0 Å². The first kappa shape index (κ1) is 23.3. The number of hydrogen-bond donors (Lipinski definition) is 6. The molecule has 0 saturated heterocycles. The van der Waals surface area contributed by atoms with Crippen molar-refractivity contribution in [3.05, 3.63) is 88.8 Å². The van der Waals surface area contributed by atoms with Gasteiger partial charge in [-0.05, 0) is 18.2 Å². The van der Waals surface area contributed by atoms with Crippen molar-refractivity contribution in [2.24, 2.45) is 0 Å². The van der Waals surface area contributed by atoms with Crippen molar-refractivity contribution in [2.45, 2.75) is 0 Å². The molecule has 0 amide bonds. The van der Waals surface area contributed by atoms with E-state index in [2.05, 4.69) is 50.5 Å². The van der Waals surface area contributed by atoms with Gasteiger partial charge in [0.25, 0.3) is 0 Å². The maximum Gasteiger partial charge on any atom is 0.0739 e. The Kier molecular flexibility index (Phi) is 6.45. The molecule has 174 valence electrons. The second kappa shape index (κ2) is 9.96. The summed E-state index contributed by atoms with van der Waals surface area (Å²) >= 11 is 0. The summed E-state index contributed by atoms with van der Waals surface area (Å²) in [6, 6.07) is 5.42. The Morgan fingerprint density at radius 3 is 0.806 bits per heavy atom. The van der Waals surface area contributed by atoms with Gasteiger partial charge in [-0.15, -0.1) is 0 Å². The molecule has 0 saturated carbocycles. The van der Waals surface area contributed by atoms with Crippen molar-refractivity contribution < 1.29 is 0 Å². The number of rotatable bonds is 0. The Bertz CT molecular complexity index is 1400.